The number of rotatable bonds is 4. The monoisotopic (exact) mass is 282 g/mol. The zero-order chi connectivity index (χ0) is 14.7. The van der Waals surface area contributed by atoms with Gasteiger partial charge in [0.2, 0.25) is 0 Å². The Labute approximate surface area is 117 Å². The van der Waals surface area contributed by atoms with Crippen molar-refractivity contribution in [1.29, 1.82) is 0 Å². The van der Waals surface area contributed by atoms with Gasteiger partial charge in [-0.05, 0) is 13.5 Å². The van der Waals surface area contributed by atoms with Gasteiger partial charge in [-0.1, -0.05) is 6.92 Å². The number of hydrogen-bond donors (Lipinski definition) is 1. The normalized spacial score (nSPS) is 20.2. The van der Waals surface area contributed by atoms with Crippen LogP contribution in [0.15, 0.2) is 15.8 Å². The Morgan fingerprint density at radius 1 is 1.35 bits per heavy atom. The lowest BCUT2D eigenvalue weighted by Crippen LogP contribution is -2.48. The number of morpholine rings is 1. The summed E-state index contributed by atoms with van der Waals surface area (Å²) in [5, 5.41) is 0. The van der Waals surface area contributed by atoms with Crippen molar-refractivity contribution < 1.29 is 4.74 Å². The van der Waals surface area contributed by atoms with E-state index in [2.05, 4.69) is 11.8 Å². The summed E-state index contributed by atoms with van der Waals surface area (Å²) in [6.45, 7) is 7.82. The van der Waals surface area contributed by atoms with Crippen molar-refractivity contribution in [3.63, 3.8) is 0 Å². The van der Waals surface area contributed by atoms with Crippen LogP contribution in [0.5, 0.6) is 0 Å². The quantitative estimate of drug-likeness (QED) is 0.792. The van der Waals surface area contributed by atoms with Crippen molar-refractivity contribution >= 4 is 5.69 Å². The average Bonchev–Trinajstić information content (AvgIpc) is 2.47. The molecule has 0 saturated carbocycles. The van der Waals surface area contributed by atoms with Crippen LogP contribution in [0.3, 0.4) is 0 Å². The van der Waals surface area contributed by atoms with Crippen LogP contribution in [0, 0.1) is 0 Å². The number of likely N-dealkylation sites (N-methyl/N-ethyl adjacent to an activating group) is 1. The minimum Gasteiger partial charge on any atom is -0.393 e. The van der Waals surface area contributed by atoms with Gasteiger partial charge in [0.05, 0.1) is 19.3 Å². The van der Waals surface area contributed by atoms with Crippen molar-refractivity contribution in [2.24, 2.45) is 0 Å². The number of nitrogens with zero attached hydrogens (tertiary/aromatic N) is 3. The van der Waals surface area contributed by atoms with E-state index in [1.165, 1.54) is 15.3 Å². The molecule has 0 aliphatic carbocycles. The molecule has 0 amide bonds. The first-order valence-corrected chi connectivity index (χ1v) is 7.00. The Balaban J connectivity index is 2.27. The van der Waals surface area contributed by atoms with E-state index < -0.39 is 5.56 Å². The number of anilines is 1. The number of nitrogens with two attached hydrogens (primary N) is 1. The molecule has 1 aliphatic rings. The van der Waals surface area contributed by atoms with Gasteiger partial charge >= 0.3 is 5.69 Å². The van der Waals surface area contributed by atoms with Crippen molar-refractivity contribution in [2.75, 3.05) is 32.0 Å². The standard InChI is InChI=1S/C13H22N4O3/c1-3-15-5-6-20-10(7-15)8-17-12(18)11(14)9-16(4-2)13(17)19/h9-10H,3-8,14H2,1-2H3. The summed E-state index contributed by atoms with van der Waals surface area (Å²) in [6, 6.07) is 0. The van der Waals surface area contributed by atoms with Crippen LogP contribution < -0.4 is 17.0 Å². The van der Waals surface area contributed by atoms with Gasteiger partial charge in [-0.2, -0.15) is 0 Å². The lowest BCUT2D eigenvalue weighted by Gasteiger charge is -2.32. The van der Waals surface area contributed by atoms with Crippen molar-refractivity contribution in [2.45, 2.75) is 33.0 Å². The SMILES string of the molecule is CCN1CCOC(Cn2c(=O)c(N)cn(CC)c2=O)C1. The van der Waals surface area contributed by atoms with Gasteiger partial charge in [-0.3, -0.25) is 18.8 Å². The molecule has 7 nitrogen and oxygen atoms in total. The van der Waals surface area contributed by atoms with Crippen LogP contribution in [0.2, 0.25) is 0 Å². The van der Waals surface area contributed by atoms with Crippen molar-refractivity contribution in [3.05, 3.63) is 27.0 Å². The summed E-state index contributed by atoms with van der Waals surface area (Å²) in [7, 11) is 0. The highest BCUT2D eigenvalue weighted by molar-refractivity contribution is 5.30. The summed E-state index contributed by atoms with van der Waals surface area (Å²) in [4.78, 5) is 26.5. The van der Waals surface area contributed by atoms with Crippen LogP contribution in [-0.4, -0.2) is 46.4 Å². The second-order valence-corrected chi connectivity index (χ2v) is 4.95. The van der Waals surface area contributed by atoms with Gasteiger partial charge in [0, 0.05) is 25.8 Å². The molecule has 1 fully saturated rings. The Morgan fingerprint density at radius 2 is 2.10 bits per heavy atom. The van der Waals surface area contributed by atoms with E-state index in [0.29, 0.717) is 13.2 Å². The van der Waals surface area contributed by atoms with Gasteiger partial charge in [-0.15, -0.1) is 0 Å². The summed E-state index contributed by atoms with van der Waals surface area (Å²) in [5.74, 6) is 0. The predicted octanol–water partition coefficient (Wildman–Crippen LogP) is -0.667. The maximum atomic E-state index is 12.2. The molecule has 1 aromatic rings. The third-order valence-electron chi connectivity index (χ3n) is 3.66. The summed E-state index contributed by atoms with van der Waals surface area (Å²) in [6.07, 6.45) is 1.25. The molecule has 2 rings (SSSR count). The van der Waals surface area contributed by atoms with Crippen LogP contribution in [0.4, 0.5) is 5.69 Å². The molecular formula is C13H22N4O3. The smallest absolute Gasteiger partial charge is 0.331 e. The maximum Gasteiger partial charge on any atom is 0.331 e. The van der Waals surface area contributed by atoms with Crippen molar-refractivity contribution in [1.82, 2.24) is 14.0 Å². The lowest BCUT2D eigenvalue weighted by molar-refractivity contribution is -0.0353. The van der Waals surface area contributed by atoms with E-state index >= 15 is 0 Å². The molecule has 112 valence electrons. The number of aromatic nitrogens is 2. The summed E-state index contributed by atoms with van der Waals surface area (Å²) < 4.78 is 8.27. The lowest BCUT2D eigenvalue weighted by atomic mass is 10.2. The minimum atomic E-state index is -0.433. The maximum absolute atomic E-state index is 12.2. The van der Waals surface area contributed by atoms with Gasteiger partial charge < -0.3 is 10.5 Å². The van der Waals surface area contributed by atoms with Gasteiger partial charge in [-0.25, -0.2) is 4.79 Å². The molecule has 0 radical (unpaired) electrons. The number of hydrogen-bond acceptors (Lipinski definition) is 5. The first-order chi connectivity index (χ1) is 9.56. The molecule has 2 N–H and O–H groups in total. The Kier molecular flexibility index (Phi) is 4.61. The topological polar surface area (TPSA) is 82.5 Å². The van der Waals surface area contributed by atoms with E-state index in [1.807, 2.05) is 6.92 Å². The molecule has 0 bridgehead atoms. The predicted molar refractivity (Wildman–Crippen MR) is 76.9 cm³/mol. The van der Waals surface area contributed by atoms with Crippen LogP contribution in [-0.2, 0) is 17.8 Å². The highest BCUT2D eigenvalue weighted by Crippen LogP contribution is 2.06. The molecule has 2 heterocycles. The third-order valence-corrected chi connectivity index (χ3v) is 3.66. The van der Waals surface area contributed by atoms with Crippen molar-refractivity contribution in [3.8, 4) is 0 Å². The molecule has 1 saturated heterocycles. The largest absolute Gasteiger partial charge is 0.393 e. The average molecular weight is 282 g/mol. The summed E-state index contributed by atoms with van der Waals surface area (Å²) >= 11 is 0. The molecule has 1 unspecified atom stereocenters. The van der Waals surface area contributed by atoms with Gasteiger partial charge in [0.15, 0.2) is 0 Å². The Bertz CT molecular complexity index is 578. The number of nitrogen functional groups attached to an aromatic ring is 1. The second-order valence-electron chi connectivity index (χ2n) is 4.95. The number of aryl methyl sites for hydroxylation is 1. The fraction of sp³-hybridized carbons (Fsp3) is 0.692. The molecule has 0 aromatic carbocycles. The minimum absolute atomic E-state index is 0.0922. The summed E-state index contributed by atoms with van der Waals surface area (Å²) in [5.41, 5.74) is 5.01. The fourth-order valence-corrected chi connectivity index (χ4v) is 2.45. The van der Waals surface area contributed by atoms with Gasteiger partial charge in [0.1, 0.15) is 5.69 Å². The zero-order valence-electron chi connectivity index (χ0n) is 12.0. The van der Waals surface area contributed by atoms with Crippen LogP contribution in [0.25, 0.3) is 0 Å². The highest BCUT2D eigenvalue weighted by atomic mass is 16.5. The van der Waals surface area contributed by atoms with Crippen LogP contribution in [0.1, 0.15) is 13.8 Å². The van der Waals surface area contributed by atoms with Crippen LogP contribution >= 0.6 is 0 Å². The molecule has 0 spiro atoms. The molecule has 1 aliphatic heterocycles. The number of ether oxygens (including phenoxy) is 1. The Hall–Kier alpha value is -1.60. The highest BCUT2D eigenvalue weighted by Gasteiger charge is 2.21. The fourth-order valence-electron chi connectivity index (χ4n) is 2.45. The molecule has 7 heteroatoms. The first-order valence-electron chi connectivity index (χ1n) is 7.00. The zero-order valence-corrected chi connectivity index (χ0v) is 12.0. The first kappa shape index (κ1) is 14.8. The third kappa shape index (κ3) is 2.94. The molecule has 20 heavy (non-hydrogen) atoms. The van der Waals surface area contributed by atoms with Gasteiger partial charge in [0.25, 0.3) is 5.56 Å². The Morgan fingerprint density at radius 3 is 2.75 bits per heavy atom. The molecule has 1 atom stereocenters. The van der Waals surface area contributed by atoms with E-state index in [-0.39, 0.29) is 24.0 Å². The van der Waals surface area contributed by atoms with E-state index in [9.17, 15) is 9.59 Å². The second kappa shape index (κ2) is 6.23. The van der Waals surface area contributed by atoms with E-state index in [0.717, 1.165) is 19.6 Å². The van der Waals surface area contributed by atoms with E-state index in [1.54, 1.807) is 0 Å². The van der Waals surface area contributed by atoms with E-state index in [4.69, 9.17) is 10.5 Å². The molecular weight excluding hydrogens is 260 g/mol. The molecule has 1 aromatic heterocycles.